The largest absolute Gasteiger partial charge is 0.497 e. The molecule has 0 bridgehead atoms. The number of carbonyl (C=O) groups excluding carboxylic acids is 2. The molecule has 0 aromatic heterocycles. The monoisotopic (exact) mass is 581 g/mol. The van der Waals surface area contributed by atoms with Gasteiger partial charge in [-0.15, -0.1) is 0 Å². The molecule has 0 spiro atoms. The average molecular weight is 582 g/mol. The second kappa shape index (κ2) is 13.6. The first kappa shape index (κ1) is 30.0. The Morgan fingerprint density at radius 1 is 0.976 bits per heavy atom. The summed E-state index contributed by atoms with van der Waals surface area (Å²) in [4.78, 5) is 29.3. The Bertz CT molecular complexity index is 1430. The van der Waals surface area contributed by atoms with Crippen LogP contribution in [0.5, 0.6) is 5.75 Å². The maximum Gasteiger partial charge on any atom is 0.244 e. The van der Waals surface area contributed by atoms with Crippen molar-refractivity contribution in [3.8, 4) is 5.75 Å². The predicted molar refractivity (Wildman–Crippen MR) is 156 cm³/mol. The maximum absolute atomic E-state index is 14.1. The number of methoxy groups -OCH3 is 1. The Kier molecular flexibility index (Phi) is 9.99. The van der Waals surface area contributed by atoms with Crippen molar-refractivity contribution in [2.24, 2.45) is 0 Å². The van der Waals surface area contributed by atoms with Gasteiger partial charge in [0.05, 0.1) is 19.1 Å². The van der Waals surface area contributed by atoms with E-state index in [1.807, 2.05) is 30.3 Å². The zero-order valence-corrected chi connectivity index (χ0v) is 24.1. The molecule has 10 heteroatoms. The second-order valence-corrected chi connectivity index (χ2v) is 12.2. The van der Waals surface area contributed by atoms with Gasteiger partial charge in [0.15, 0.2) is 0 Å². The third-order valence-electron chi connectivity index (χ3n) is 7.26. The number of benzene rings is 3. The lowest BCUT2D eigenvalue weighted by atomic mass is 10.0. The molecule has 1 fully saturated rings. The van der Waals surface area contributed by atoms with Gasteiger partial charge in [0.1, 0.15) is 24.2 Å². The minimum Gasteiger partial charge on any atom is -0.497 e. The third-order valence-corrected chi connectivity index (χ3v) is 8.40. The van der Waals surface area contributed by atoms with E-state index in [9.17, 15) is 22.4 Å². The zero-order valence-electron chi connectivity index (χ0n) is 23.3. The molecule has 0 saturated heterocycles. The third kappa shape index (κ3) is 8.29. The second-order valence-electron chi connectivity index (χ2n) is 10.3. The lowest BCUT2D eigenvalue weighted by Crippen LogP contribution is -2.54. The number of sulfonamides is 1. The molecule has 41 heavy (non-hydrogen) atoms. The van der Waals surface area contributed by atoms with E-state index in [1.54, 1.807) is 30.3 Å². The molecule has 3 aromatic rings. The predicted octanol–water partition coefficient (Wildman–Crippen LogP) is 4.30. The van der Waals surface area contributed by atoms with Gasteiger partial charge in [-0.2, -0.15) is 0 Å². The van der Waals surface area contributed by atoms with Crippen molar-refractivity contribution >= 4 is 27.5 Å². The highest BCUT2D eigenvalue weighted by atomic mass is 32.2. The fraction of sp³-hybridized carbons (Fsp3) is 0.355. The first-order valence-corrected chi connectivity index (χ1v) is 15.5. The lowest BCUT2D eigenvalue weighted by molar-refractivity contribution is -0.140. The summed E-state index contributed by atoms with van der Waals surface area (Å²) < 4.78 is 45.8. The summed E-state index contributed by atoms with van der Waals surface area (Å²) in [6.45, 7) is -0.542. The van der Waals surface area contributed by atoms with Crippen molar-refractivity contribution in [3.63, 3.8) is 0 Å². The number of amides is 2. The van der Waals surface area contributed by atoms with Crippen molar-refractivity contribution < 1.29 is 27.1 Å². The fourth-order valence-electron chi connectivity index (χ4n) is 5.09. The van der Waals surface area contributed by atoms with Gasteiger partial charge in [-0.25, -0.2) is 12.8 Å². The average Bonchev–Trinajstić information content (AvgIpc) is 3.47. The Hall–Kier alpha value is -3.92. The van der Waals surface area contributed by atoms with E-state index in [2.05, 4.69) is 5.32 Å². The summed E-state index contributed by atoms with van der Waals surface area (Å²) in [6, 6.07) is 20.6. The Balaban J connectivity index is 1.72. The number of anilines is 1. The van der Waals surface area contributed by atoms with E-state index >= 15 is 0 Å². The summed E-state index contributed by atoms with van der Waals surface area (Å²) in [5, 5.41) is 3.12. The van der Waals surface area contributed by atoms with Gasteiger partial charge in [0, 0.05) is 25.1 Å². The Morgan fingerprint density at radius 3 is 2.29 bits per heavy atom. The summed E-state index contributed by atoms with van der Waals surface area (Å²) in [5.41, 5.74) is 1.72. The van der Waals surface area contributed by atoms with Gasteiger partial charge < -0.3 is 15.0 Å². The lowest BCUT2D eigenvalue weighted by Gasteiger charge is -2.34. The number of nitrogens with zero attached hydrogens (tertiary/aromatic N) is 2. The van der Waals surface area contributed by atoms with E-state index in [0.717, 1.165) is 41.8 Å². The number of nitrogens with one attached hydrogen (secondary N) is 1. The van der Waals surface area contributed by atoms with Crippen LogP contribution in [0.1, 0.15) is 36.8 Å². The molecule has 1 atom stereocenters. The highest BCUT2D eigenvalue weighted by Crippen LogP contribution is 2.25. The van der Waals surface area contributed by atoms with Crippen molar-refractivity contribution in [2.45, 2.75) is 50.7 Å². The van der Waals surface area contributed by atoms with Crippen LogP contribution in [0, 0.1) is 5.82 Å². The molecule has 0 heterocycles. The van der Waals surface area contributed by atoms with E-state index < -0.39 is 34.3 Å². The minimum absolute atomic E-state index is 0.00951. The smallest absolute Gasteiger partial charge is 0.244 e. The SMILES string of the molecule is COc1cccc(N(CC(=O)N(Cc2ccc(F)cc2)[C@@H](Cc2ccccc2)C(=O)NC2CCCC2)S(C)(=O)=O)c1. The number of rotatable bonds is 12. The van der Waals surface area contributed by atoms with Crippen LogP contribution in [-0.4, -0.2) is 57.1 Å². The van der Waals surface area contributed by atoms with E-state index in [4.69, 9.17) is 4.74 Å². The van der Waals surface area contributed by atoms with E-state index in [0.29, 0.717) is 11.3 Å². The fourth-order valence-corrected chi connectivity index (χ4v) is 5.93. The van der Waals surface area contributed by atoms with Crippen LogP contribution < -0.4 is 14.4 Å². The van der Waals surface area contributed by atoms with Crippen LogP contribution in [0.3, 0.4) is 0 Å². The van der Waals surface area contributed by atoms with Crippen LogP contribution in [0.2, 0.25) is 0 Å². The van der Waals surface area contributed by atoms with Crippen LogP contribution in [0.25, 0.3) is 0 Å². The van der Waals surface area contributed by atoms with Gasteiger partial charge in [0.25, 0.3) is 0 Å². The number of halogens is 1. The normalized spacial score (nSPS) is 14.3. The molecule has 8 nitrogen and oxygen atoms in total. The molecule has 0 aliphatic heterocycles. The number of hydrogen-bond acceptors (Lipinski definition) is 5. The zero-order chi connectivity index (χ0) is 29.4. The maximum atomic E-state index is 14.1. The molecule has 2 amide bonds. The quantitative estimate of drug-likeness (QED) is 0.344. The molecular weight excluding hydrogens is 545 g/mol. The summed E-state index contributed by atoms with van der Waals surface area (Å²) >= 11 is 0. The van der Waals surface area contributed by atoms with Gasteiger partial charge in [0.2, 0.25) is 21.8 Å². The van der Waals surface area contributed by atoms with Crippen molar-refractivity contribution in [2.75, 3.05) is 24.2 Å². The molecule has 1 saturated carbocycles. The highest BCUT2D eigenvalue weighted by molar-refractivity contribution is 7.92. The summed E-state index contributed by atoms with van der Waals surface area (Å²) in [6.07, 6.45) is 5.04. The number of carbonyl (C=O) groups is 2. The van der Waals surface area contributed by atoms with Crippen LogP contribution in [0.15, 0.2) is 78.9 Å². The molecule has 4 rings (SSSR count). The number of hydrogen-bond donors (Lipinski definition) is 1. The van der Waals surface area contributed by atoms with Crippen LogP contribution in [-0.2, 0) is 32.6 Å². The molecule has 3 aromatic carbocycles. The molecule has 218 valence electrons. The van der Waals surface area contributed by atoms with Crippen LogP contribution >= 0.6 is 0 Å². The summed E-state index contributed by atoms with van der Waals surface area (Å²) in [5.74, 6) is -0.856. The van der Waals surface area contributed by atoms with Gasteiger partial charge in [-0.05, 0) is 48.2 Å². The van der Waals surface area contributed by atoms with E-state index in [-0.39, 0.29) is 30.6 Å². The molecule has 1 N–H and O–H groups in total. The van der Waals surface area contributed by atoms with Crippen molar-refractivity contribution in [1.29, 1.82) is 0 Å². The topological polar surface area (TPSA) is 96.0 Å². The first-order valence-electron chi connectivity index (χ1n) is 13.6. The van der Waals surface area contributed by atoms with Gasteiger partial charge >= 0.3 is 0 Å². The molecule has 0 unspecified atom stereocenters. The van der Waals surface area contributed by atoms with Crippen molar-refractivity contribution in [1.82, 2.24) is 10.2 Å². The van der Waals surface area contributed by atoms with Crippen molar-refractivity contribution in [3.05, 3.63) is 95.8 Å². The van der Waals surface area contributed by atoms with Gasteiger partial charge in [-0.1, -0.05) is 61.4 Å². The Labute approximate surface area is 241 Å². The highest BCUT2D eigenvalue weighted by Gasteiger charge is 2.34. The Morgan fingerprint density at radius 2 is 1.66 bits per heavy atom. The summed E-state index contributed by atoms with van der Waals surface area (Å²) in [7, 11) is -2.42. The molecule has 1 aliphatic carbocycles. The first-order chi connectivity index (χ1) is 19.6. The van der Waals surface area contributed by atoms with Crippen LogP contribution in [0.4, 0.5) is 10.1 Å². The standard InChI is InChI=1S/C31H36FN3O5S/c1-40-28-14-8-13-27(20-28)35(41(2,38)39)22-30(36)34(21-24-15-17-25(32)18-16-24)29(19-23-9-4-3-5-10-23)31(37)33-26-11-6-7-12-26/h3-5,8-10,13-18,20,26,29H,6-7,11-12,19,21-22H2,1-2H3,(H,33,37)/t29-/m0/s1. The molecule has 1 aliphatic rings. The molecule has 0 radical (unpaired) electrons. The minimum atomic E-state index is -3.89. The molecular formula is C31H36FN3O5S. The number of ether oxygens (including phenoxy) is 1. The van der Waals surface area contributed by atoms with Gasteiger partial charge in [-0.3, -0.25) is 13.9 Å². The van der Waals surface area contributed by atoms with E-state index in [1.165, 1.54) is 30.2 Å².